The van der Waals surface area contributed by atoms with Gasteiger partial charge in [-0.15, -0.1) is 0 Å². The van der Waals surface area contributed by atoms with Gasteiger partial charge in [-0.3, -0.25) is 5.10 Å². The van der Waals surface area contributed by atoms with Crippen molar-refractivity contribution in [3.8, 4) is 0 Å². The lowest BCUT2D eigenvalue weighted by Crippen LogP contribution is -2.00. The minimum atomic E-state index is 0.591. The van der Waals surface area contributed by atoms with Gasteiger partial charge < -0.3 is 5.32 Å². The lowest BCUT2D eigenvalue weighted by molar-refractivity contribution is 1.09. The highest BCUT2D eigenvalue weighted by molar-refractivity contribution is 9.10. The van der Waals surface area contributed by atoms with Gasteiger partial charge in [0.2, 0.25) is 0 Å². The van der Waals surface area contributed by atoms with Gasteiger partial charge in [0.25, 0.3) is 0 Å². The van der Waals surface area contributed by atoms with Gasteiger partial charge in [-0.25, -0.2) is 4.98 Å². The average Bonchev–Trinajstić information content (AvgIpc) is 2.69. The van der Waals surface area contributed by atoms with Gasteiger partial charge in [0.1, 0.15) is 5.82 Å². The molecule has 78 valence electrons. The van der Waals surface area contributed by atoms with Crippen LogP contribution in [0.15, 0.2) is 29.1 Å². The predicted octanol–water partition coefficient (Wildman–Crippen LogP) is 2.83. The summed E-state index contributed by atoms with van der Waals surface area (Å²) in [5.41, 5.74) is 1.05. The minimum absolute atomic E-state index is 0.591. The highest BCUT2D eigenvalue weighted by atomic mass is 79.9. The molecule has 0 aliphatic rings. The highest BCUT2D eigenvalue weighted by Gasteiger charge is 2.02. The number of aromatic nitrogens is 3. The van der Waals surface area contributed by atoms with Crippen LogP contribution in [0.25, 0.3) is 0 Å². The summed E-state index contributed by atoms with van der Waals surface area (Å²) in [6.45, 7) is 0.644. The Morgan fingerprint density at radius 3 is 3.00 bits per heavy atom. The zero-order chi connectivity index (χ0) is 10.7. The Balaban J connectivity index is 2.05. The largest absolute Gasteiger partial charge is 0.365 e. The van der Waals surface area contributed by atoms with Crippen LogP contribution >= 0.6 is 27.5 Å². The van der Waals surface area contributed by atoms with E-state index in [1.807, 2.05) is 6.20 Å². The number of nitrogens with zero attached hydrogens (tertiary/aromatic N) is 2. The van der Waals surface area contributed by atoms with Crippen molar-refractivity contribution in [2.75, 3.05) is 5.32 Å². The lowest BCUT2D eigenvalue weighted by atomic mass is 10.3. The van der Waals surface area contributed by atoms with Gasteiger partial charge >= 0.3 is 0 Å². The summed E-state index contributed by atoms with van der Waals surface area (Å²) >= 11 is 9.29. The molecule has 0 fully saturated rings. The van der Waals surface area contributed by atoms with Gasteiger partial charge in [0, 0.05) is 29.0 Å². The smallest absolute Gasteiger partial charge is 0.145 e. The number of nitrogens with one attached hydrogen (secondary N) is 2. The number of rotatable bonds is 3. The Hall–Kier alpha value is -1.07. The van der Waals surface area contributed by atoms with Gasteiger partial charge in [0.15, 0.2) is 0 Å². The summed E-state index contributed by atoms with van der Waals surface area (Å²) in [7, 11) is 0. The number of hydrogen-bond donors (Lipinski definition) is 2. The molecule has 0 radical (unpaired) electrons. The third-order valence-electron chi connectivity index (χ3n) is 1.82. The molecule has 0 amide bonds. The molecular weight excluding hydrogens is 279 g/mol. The van der Waals surface area contributed by atoms with E-state index in [2.05, 4.69) is 36.4 Å². The number of halogens is 2. The number of aromatic amines is 1. The standard InChI is InChI=1S/C9H8BrClN4/c10-7-1-8(11)9(13-5-7)12-2-6-3-14-15-4-6/h1,3-5H,2H2,(H,12,13)(H,14,15). The summed E-state index contributed by atoms with van der Waals surface area (Å²) in [6.07, 6.45) is 5.27. The predicted molar refractivity (Wildman–Crippen MR) is 62.9 cm³/mol. The van der Waals surface area contributed by atoms with E-state index in [-0.39, 0.29) is 0 Å². The summed E-state index contributed by atoms with van der Waals surface area (Å²) in [5, 5.41) is 10.3. The van der Waals surface area contributed by atoms with Crippen molar-refractivity contribution >= 4 is 33.3 Å². The Labute approximate surface area is 100 Å². The molecule has 2 heterocycles. The fraction of sp³-hybridized carbons (Fsp3) is 0.111. The van der Waals surface area contributed by atoms with Crippen LogP contribution in [0, 0.1) is 0 Å². The molecule has 0 aliphatic heterocycles. The second-order valence-corrected chi connectivity index (χ2v) is 4.27. The van der Waals surface area contributed by atoms with Crippen LogP contribution in [0.1, 0.15) is 5.56 Å². The zero-order valence-corrected chi connectivity index (χ0v) is 10.0. The fourth-order valence-corrected chi connectivity index (χ4v) is 1.80. The van der Waals surface area contributed by atoms with E-state index < -0.39 is 0 Å². The van der Waals surface area contributed by atoms with Crippen LogP contribution < -0.4 is 5.32 Å². The second-order valence-electron chi connectivity index (χ2n) is 2.94. The first-order valence-electron chi connectivity index (χ1n) is 4.28. The topological polar surface area (TPSA) is 53.6 Å². The minimum Gasteiger partial charge on any atom is -0.365 e. The first-order valence-corrected chi connectivity index (χ1v) is 5.45. The van der Waals surface area contributed by atoms with Gasteiger partial charge in [0.05, 0.1) is 11.2 Å². The van der Waals surface area contributed by atoms with Crippen LogP contribution in [0.3, 0.4) is 0 Å². The molecule has 15 heavy (non-hydrogen) atoms. The van der Waals surface area contributed by atoms with Crippen LogP contribution in [-0.4, -0.2) is 15.2 Å². The molecule has 0 bridgehead atoms. The van der Waals surface area contributed by atoms with E-state index in [0.717, 1.165) is 10.0 Å². The van der Waals surface area contributed by atoms with E-state index in [9.17, 15) is 0 Å². The Bertz CT molecular complexity index is 443. The molecule has 0 aromatic carbocycles. The number of anilines is 1. The molecule has 0 saturated heterocycles. The van der Waals surface area contributed by atoms with Crippen molar-refractivity contribution < 1.29 is 0 Å². The number of H-pyrrole nitrogens is 1. The first-order chi connectivity index (χ1) is 7.25. The van der Waals surface area contributed by atoms with Gasteiger partial charge in [-0.2, -0.15) is 5.10 Å². The maximum Gasteiger partial charge on any atom is 0.145 e. The third kappa shape index (κ3) is 2.70. The zero-order valence-electron chi connectivity index (χ0n) is 7.67. The Morgan fingerprint density at radius 2 is 2.33 bits per heavy atom. The molecule has 2 rings (SSSR count). The molecule has 0 spiro atoms. The van der Waals surface area contributed by atoms with Crippen molar-refractivity contribution in [1.29, 1.82) is 0 Å². The van der Waals surface area contributed by atoms with Crippen LogP contribution in [0.5, 0.6) is 0 Å². The third-order valence-corrected chi connectivity index (χ3v) is 2.54. The molecular formula is C9H8BrClN4. The fourth-order valence-electron chi connectivity index (χ4n) is 1.10. The first kappa shape index (κ1) is 10.4. The molecule has 6 heteroatoms. The SMILES string of the molecule is Clc1cc(Br)cnc1NCc1cn[nH]c1. The lowest BCUT2D eigenvalue weighted by Gasteiger charge is -2.05. The summed E-state index contributed by atoms with van der Waals surface area (Å²) in [5.74, 6) is 0.668. The maximum absolute atomic E-state index is 5.99. The highest BCUT2D eigenvalue weighted by Crippen LogP contribution is 2.23. The van der Waals surface area contributed by atoms with E-state index in [0.29, 0.717) is 17.4 Å². The summed E-state index contributed by atoms with van der Waals surface area (Å²) < 4.78 is 0.862. The molecule has 0 saturated carbocycles. The summed E-state index contributed by atoms with van der Waals surface area (Å²) in [6, 6.07) is 1.80. The van der Waals surface area contributed by atoms with Crippen molar-refractivity contribution in [2.24, 2.45) is 0 Å². The number of pyridine rings is 1. The second kappa shape index (κ2) is 4.63. The van der Waals surface area contributed by atoms with E-state index >= 15 is 0 Å². The Kier molecular flexibility index (Phi) is 3.23. The molecule has 0 aliphatic carbocycles. The van der Waals surface area contributed by atoms with E-state index in [1.165, 1.54) is 0 Å². The normalized spacial score (nSPS) is 10.3. The monoisotopic (exact) mass is 286 g/mol. The molecule has 4 nitrogen and oxygen atoms in total. The van der Waals surface area contributed by atoms with Gasteiger partial charge in [-0.05, 0) is 22.0 Å². The molecule has 2 aromatic rings. The average molecular weight is 288 g/mol. The van der Waals surface area contributed by atoms with Crippen molar-refractivity contribution in [3.05, 3.63) is 39.7 Å². The molecule has 0 unspecified atom stereocenters. The quantitative estimate of drug-likeness (QED) is 0.913. The van der Waals surface area contributed by atoms with Crippen LogP contribution in [0.2, 0.25) is 5.02 Å². The van der Waals surface area contributed by atoms with Crippen LogP contribution in [0.4, 0.5) is 5.82 Å². The molecule has 2 aromatic heterocycles. The molecule has 0 atom stereocenters. The van der Waals surface area contributed by atoms with Gasteiger partial charge in [-0.1, -0.05) is 11.6 Å². The van der Waals surface area contributed by atoms with Crippen molar-refractivity contribution in [3.63, 3.8) is 0 Å². The number of hydrogen-bond acceptors (Lipinski definition) is 3. The van der Waals surface area contributed by atoms with Crippen LogP contribution in [-0.2, 0) is 6.54 Å². The van der Waals surface area contributed by atoms with Crippen molar-refractivity contribution in [2.45, 2.75) is 6.54 Å². The van der Waals surface area contributed by atoms with E-state index in [4.69, 9.17) is 11.6 Å². The van der Waals surface area contributed by atoms with E-state index in [1.54, 1.807) is 18.5 Å². The molecule has 2 N–H and O–H groups in total. The maximum atomic E-state index is 5.99. The Morgan fingerprint density at radius 1 is 1.47 bits per heavy atom. The summed E-state index contributed by atoms with van der Waals surface area (Å²) in [4.78, 5) is 4.16. The van der Waals surface area contributed by atoms with Crippen molar-refractivity contribution in [1.82, 2.24) is 15.2 Å².